The second kappa shape index (κ2) is 4.00. The highest BCUT2D eigenvalue weighted by atomic mass is 16.6. The monoisotopic (exact) mass is 233 g/mol. The molecule has 92 valence electrons. The topological polar surface area (TPSA) is 30.5 Å². The summed E-state index contributed by atoms with van der Waals surface area (Å²) in [5, 5.41) is 3.40. The van der Waals surface area contributed by atoms with Gasteiger partial charge in [0.25, 0.3) is 0 Å². The quantitative estimate of drug-likeness (QED) is 0.807. The molecule has 0 radical (unpaired) electrons. The molecule has 17 heavy (non-hydrogen) atoms. The van der Waals surface area contributed by atoms with Crippen LogP contribution in [0.25, 0.3) is 0 Å². The molecule has 3 rings (SSSR count). The highest BCUT2D eigenvalue weighted by Gasteiger charge is 2.48. The first-order valence-electron chi connectivity index (χ1n) is 6.32. The van der Waals surface area contributed by atoms with E-state index in [0.717, 1.165) is 25.2 Å². The minimum absolute atomic E-state index is 0.137. The molecule has 1 aromatic rings. The van der Waals surface area contributed by atoms with Crippen LogP contribution in [0.15, 0.2) is 24.3 Å². The Bertz CT molecular complexity index is 420. The average molecular weight is 233 g/mol. The molecule has 2 aliphatic heterocycles. The molecule has 1 N–H and O–H groups in total. The third-order valence-electron chi connectivity index (χ3n) is 4.14. The Kier molecular flexibility index (Phi) is 2.60. The molecule has 0 amide bonds. The molecule has 0 aliphatic carbocycles. The molecule has 1 fully saturated rings. The molecular formula is C14H19NO2. The van der Waals surface area contributed by atoms with Crippen LogP contribution >= 0.6 is 0 Å². The fourth-order valence-corrected chi connectivity index (χ4v) is 3.00. The summed E-state index contributed by atoms with van der Waals surface area (Å²) in [7, 11) is 2.01. The van der Waals surface area contributed by atoms with Gasteiger partial charge in [-0.15, -0.1) is 0 Å². The van der Waals surface area contributed by atoms with Crippen LogP contribution in [0.2, 0.25) is 0 Å². The van der Waals surface area contributed by atoms with Crippen molar-refractivity contribution in [3.05, 3.63) is 29.8 Å². The van der Waals surface area contributed by atoms with Crippen molar-refractivity contribution in [3.8, 4) is 5.75 Å². The zero-order valence-electron chi connectivity index (χ0n) is 10.4. The van der Waals surface area contributed by atoms with Crippen molar-refractivity contribution in [2.45, 2.75) is 37.5 Å². The van der Waals surface area contributed by atoms with Crippen molar-refractivity contribution in [2.24, 2.45) is 0 Å². The molecule has 3 atom stereocenters. The lowest BCUT2D eigenvalue weighted by Gasteiger charge is -2.41. The lowest BCUT2D eigenvalue weighted by atomic mass is 9.83. The highest BCUT2D eigenvalue weighted by Crippen LogP contribution is 2.45. The normalized spacial score (nSPS) is 35.6. The fraction of sp³-hybridized carbons (Fsp3) is 0.571. The van der Waals surface area contributed by atoms with E-state index in [1.54, 1.807) is 0 Å². The number of para-hydroxylation sites is 1. The Morgan fingerprint density at radius 2 is 2.18 bits per heavy atom. The first-order chi connectivity index (χ1) is 8.25. The van der Waals surface area contributed by atoms with Crippen LogP contribution in [0.4, 0.5) is 0 Å². The Hall–Kier alpha value is -1.06. The SMILES string of the molecule is CNC1CC2(CCOC2C)Oc2ccccc21. The van der Waals surface area contributed by atoms with E-state index < -0.39 is 0 Å². The van der Waals surface area contributed by atoms with Gasteiger partial charge >= 0.3 is 0 Å². The van der Waals surface area contributed by atoms with Gasteiger partial charge in [0.05, 0.1) is 12.7 Å². The van der Waals surface area contributed by atoms with E-state index in [-0.39, 0.29) is 11.7 Å². The second-order valence-corrected chi connectivity index (χ2v) is 5.01. The Labute approximate surface area is 102 Å². The molecule has 2 aliphatic rings. The highest BCUT2D eigenvalue weighted by molar-refractivity contribution is 5.39. The molecule has 1 saturated heterocycles. The van der Waals surface area contributed by atoms with E-state index in [2.05, 4.69) is 30.4 Å². The van der Waals surface area contributed by atoms with Crippen molar-refractivity contribution in [1.29, 1.82) is 0 Å². The lowest BCUT2D eigenvalue weighted by Crippen LogP contribution is -2.48. The summed E-state index contributed by atoms with van der Waals surface area (Å²) in [5.41, 5.74) is 1.13. The molecule has 3 nitrogen and oxygen atoms in total. The predicted octanol–water partition coefficient (Wildman–Crippen LogP) is 2.28. The van der Waals surface area contributed by atoms with Crippen LogP contribution in [0, 0.1) is 0 Å². The Morgan fingerprint density at radius 1 is 1.35 bits per heavy atom. The molecule has 3 unspecified atom stereocenters. The number of rotatable bonds is 1. The molecule has 1 aromatic carbocycles. The van der Waals surface area contributed by atoms with Crippen molar-refractivity contribution < 1.29 is 9.47 Å². The summed E-state index contributed by atoms with van der Waals surface area (Å²) in [5.74, 6) is 1.01. The summed E-state index contributed by atoms with van der Waals surface area (Å²) in [4.78, 5) is 0. The van der Waals surface area contributed by atoms with Crippen LogP contribution in [-0.4, -0.2) is 25.4 Å². The first-order valence-corrected chi connectivity index (χ1v) is 6.32. The Morgan fingerprint density at radius 3 is 2.88 bits per heavy atom. The molecule has 1 spiro atoms. The number of ether oxygens (including phenoxy) is 2. The summed E-state index contributed by atoms with van der Waals surface area (Å²) < 4.78 is 12.0. The van der Waals surface area contributed by atoms with Gasteiger partial charge in [-0.25, -0.2) is 0 Å². The number of hydrogen-bond acceptors (Lipinski definition) is 3. The number of nitrogens with one attached hydrogen (secondary N) is 1. The van der Waals surface area contributed by atoms with Crippen molar-refractivity contribution in [3.63, 3.8) is 0 Å². The number of hydrogen-bond donors (Lipinski definition) is 1. The van der Waals surface area contributed by atoms with Crippen LogP contribution in [0.1, 0.15) is 31.4 Å². The van der Waals surface area contributed by atoms with Gasteiger partial charge in [-0.2, -0.15) is 0 Å². The smallest absolute Gasteiger partial charge is 0.139 e. The standard InChI is InChI=1S/C14H19NO2/c1-10-14(7-8-16-10)9-12(15-2)11-5-3-4-6-13(11)17-14/h3-6,10,12,15H,7-9H2,1-2H3. The third kappa shape index (κ3) is 1.65. The maximum Gasteiger partial charge on any atom is 0.139 e. The molecule has 0 saturated carbocycles. The van der Waals surface area contributed by atoms with E-state index >= 15 is 0 Å². The molecule has 2 heterocycles. The largest absolute Gasteiger partial charge is 0.484 e. The van der Waals surface area contributed by atoms with E-state index in [9.17, 15) is 0 Å². The predicted molar refractivity (Wildman–Crippen MR) is 66.2 cm³/mol. The van der Waals surface area contributed by atoms with Gasteiger partial charge in [-0.3, -0.25) is 0 Å². The van der Waals surface area contributed by atoms with Gasteiger partial charge in [0.15, 0.2) is 0 Å². The van der Waals surface area contributed by atoms with Crippen molar-refractivity contribution in [2.75, 3.05) is 13.7 Å². The zero-order chi connectivity index (χ0) is 11.9. The minimum atomic E-state index is -0.137. The number of fused-ring (bicyclic) bond motifs is 1. The second-order valence-electron chi connectivity index (χ2n) is 5.01. The third-order valence-corrected chi connectivity index (χ3v) is 4.14. The summed E-state index contributed by atoms with van der Waals surface area (Å²) in [6, 6.07) is 8.67. The maximum absolute atomic E-state index is 6.26. The summed E-state index contributed by atoms with van der Waals surface area (Å²) in [6.07, 6.45) is 2.15. The molecule has 0 aromatic heterocycles. The van der Waals surface area contributed by atoms with Gasteiger partial charge in [0.2, 0.25) is 0 Å². The fourth-order valence-electron chi connectivity index (χ4n) is 3.00. The summed E-state index contributed by atoms with van der Waals surface area (Å²) in [6.45, 7) is 2.92. The van der Waals surface area contributed by atoms with E-state index in [4.69, 9.17) is 9.47 Å². The van der Waals surface area contributed by atoms with Crippen LogP contribution in [0.3, 0.4) is 0 Å². The van der Waals surface area contributed by atoms with Crippen LogP contribution < -0.4 is 10.1 Å². The minimum Gasteiger partial charge on any atom is -0.484 e. The van der Waals surface area contributed by atoms with E-state index in [0.29, 0.717) is 6.04 Å². The average Bonchev–Trinajstić information content (AvgIpc) is 2.69. The zero-order valence-corrected chi connectivity index (χ0v) is 10.4. The molecular weight excluding hydrogens is 214 g/mol. The van der Waals surface area contributed by atoms with E-state index in [1.807, 2.05) is 13.1 Å². The van der Waals surface area contributed by atoms with Crippen molar-refractivity contribution in [1.82, 2.24) is 5.32 Å². The van der Waals surface area contributed by atoms with E-state index in [1.165, 1.54) is 5.56 Å². The Balaban J connectivity index is 2.00. The lowest BCUT2D eigenvalue weighted by molar-refractivity contribution is -0.0301. The maximum atomic E-state index is 6.26. The van der Waals surface area contributed by atoms with Crippen LogP contribution in [0.5, 0.6) is 5.75 Å². The van der Waals surface area contributed by atoms with Crippen LogP contribution in [-0.2, 0) is 4.74 Å². The van der Waals surface area contributed by atoms with Gasteiger partial charge in [0.1, 0.15) is 11.4 Å². The first kappa shape index (κ1) is 11.1. The number of benzene rings is 1. The molecule has 0 bridgehead atoms. The van der Waals surface area contributed by atoms with Gasteiger partial charge in [0, 0.05) is 24.4 Å². The van der Waals surface area contributed by atoms with Gasteiger partial charge in [-0.1, -0.05) is 18.2 Å². The van der Waals surface area contributed by atoms with Gasteiger partial charge in [-0.05, 0) is 20.0 Å². The van der Waals surface area contributed by atoms with Gasteiger partial charge < -0.3 is 14.8 Å². The summed E-state index contributed by atoms with van der Waals surface area (Å²) >= 11 is 0. The van der Waals surface area contributed by atoms with Crippen molar-refractivity contribution >= 4 is 0 Å². The molecule has 3 heteroatoms.